The Bertz CT molecular complexity index is 349. The Kier molecular flexibility index (Phi) is 3.67. The molecule has 3 heteroatoms. The minimum Gasteiger partial charge on any atom is -0.310 e. The molecule has 0 heterocycles. The molecule has 0 saturated carbocycles. The van der Waals surface area contributed by atoms with Crippen LogP contribution in [0.1, 0.15) is 18.5 Å². The van der Waals surface area contributed by atoms with Gasteiger partial charge in [-0.15, -0.1) is 0 Å². The van der Waals surface area contributed by atoms with Crippen LogP contribution in [0, 0.1) is 5.82 Å². The minimum atomic E-state index is -0.306. The molecule has 0 bridgehead atoms. The molecule has 0 amide bonds. The number of nitrogens with one attached hydrogen (secondary N) is 1. The van der Waals surface area contributed by atoms with Gasteiger partial charge in [-0.1, -0.05) is 29.8 Å². The van der Waals surface area contributed by atoms with E-state index in [1.807, 2.05) is 6.92 Å². The van der Waals surface area contributed by atoms with Gasteiger partial charge in [0.15, 0.2) is 0 Å². The third-order valence-corrected chi connectivity index (χ3v) is 2.29. The lowest BCUT2D eigenvalue weighted by Crippen LogP contribution is -2.18. The van der Waals surface area contributed by atoms with Gasteiger partial charge in [0.25, 0.3) is 0 Å². The summed E-state index contributed by atoms with van der Waals surface area (Å²) in [6, 6.07) is 4.50. The minimum absolute atomic E-state index is 0.160. The Hall–Kier alpha value is -0.860. The highest BCUT2D eigenvalue weighted by Gasteiger charge is 2.14. The Morgan fingerprint density at radius 3 is 2.64 bits per heavy atom. The second-order valence-corrected chi connectivity index (χ2v) is 3.67. The van der Waals surface area contributed by atoms with E-state index in [9.17, 15) is 4.39 Å². The molecule has 14 heavy (non-hydrogen) atoms. The summed E-state index contributed by atoms with van der Waals surface area (Å²) in [6.45, 7) is 5.66. The zero-order valence-corrected chi connectivity index (χ0v) is 9.03. The fourth-order valence-corrected chi connectivity index (χ4v) is 1.56. The van der Waals surface area contributed by atoms with Crippen LogP contribution in [0.3, 0.4) is 0 Å². The van der Waals surface area contributed by atoms with Gasteiger partial charge in [-0.3, -0.25) is 0 Å². The summed E-state index contributed by atoms with van der Waals surface area (Å²) < 4.78 is 13.5. The van der Waals surface area contributed by atoms with Crippen LogP contribution in [-0.4, -0.2) is 7.05 Å². The van der Waals surface area contributed by atoms with Crippen molar-refractivity contribution in [2.45, 2.75) is 13.0 Å². The third-order valence-electron chi connectivity index (χ3n) is 2.05. The van der Waals surface area contributed by atoms with Gasteiger partial charge in [0.1, 0.15) is 5.82 Å². The van der Waals surface area contributed by atoms with Gasteiger partial charge in [-0.25, -0.2) is 4.39 Å². The molecule has 0 aliphatic heterocycles. The average Bonchev–Trinajstić information content (AvgIpc) is 2.09. The van der Waals surface area contributed by atoms with Gasteiger partial charge in [0.05, 0.1) is 6.04 Å². The van der Waals surface area contributed by atoms with E-state index in [0.29, 0.717) is 10.6 Å². The van der Waals surface area contributed by atoms with E-state index < -0.39 is 0 Å². The van der Waals surface area contributed by atoms with Crippen molar-refractivity contribution in [2.24, 2.45) is 0 Å². The van der Waals surface area contributed by atoms with Crippen molar-refractivity contribution in [3.8, 4) is 0 Å². The fourth-order valence-electron chi connectivity index (χ4n) is 1.40. The van der Waals surface area contributed by atoms with Crippen LogP contribution in [-0.2, 0) is 0 Å². The quantitative estimate of drug-likeness (QED) is 0.760. The number of hydrogen-bond donors (Lipinski definition) is 1. The first-order valence-corrected chi connectivity index (χ1v) is 4.71. The predicted molar refractivity (Wildman–Crippen MR) is 58.0 cm³/mol. The first kappa shape index (κ1) is 11.2. The lowest BCUT2D eigenvalue weighted by Gasteiger charge is -2.17. The Morgan fingerprint density at radius 2 is 2.21 bits per heavy atom. The molecule has 1 atom stereocenters. The van der Waals surface area contributed by atoms with Gasteiger partial charge in [0.2, 0.25) is 0 Å². The van der Waals surface area contributed by atoms with E-state index in [2.05, 4.69) is 11.9 Å². The molecule has 0 radical (unpaired) electrons. The molecule has 1 nitrogen and oxygen atoms in total. The van der Waals surface area contributed by atoms with Crippen molar-refractivity contribution >= 4 is 11.6 Å². The topological polar surface area (TPSA) is 12.0 Å². The summed E-state index contributed by atoms with van der Waals surface area (Å²) in [7, 11) is 1.77. The van der Waals surface area contributed by atoms with Gasteiger partial charge in [0, 0.05) is 10.6 Å². The maximum Gasteiger partial charge on any atom is 0.129 e. The maximum absolute atomic E-state index is 13.5. The van der Waals surface area contributed by atoms with Crippen LogP contribution >= 0.6 is 11.6 Å². The second-order valence-electron chi connectivity index (χ2n) is 3.23. The van der Waals surface area contributed by atoms with E-state index in [4.69, 9.17) is 11.6 Å². The summed E-state index contributed by atoms with van der Waals surface area (Å²) in [5.74, 6) is -0.306. The molecule has 1 rings (SSSR count). The SMILES string of the molecule is C=C(C)C(NC)c1ccc(Cl)cc1F. The molecule has 0 saturated heterocycles. The van der Waals surface area contributed by atoms with Crippen molar-refractivity contribution in [3.05, 3.63) is 46.8 Å². The fraction of sp³-hybridized carbons (Fsp3) is 0.273. The zero-order chi connectivity index (χ0) is 10.7. The Balaban J connectivity index is 3.10. The third kappa shape index (κ3) is 2.34. The second kappa shape index (κ2) is 4.58. The highest BCUT2D eigenvalue weighted by Crippen LogP contribution is 2.24. The first-order chi connectivity index (χ1) is 6.56. The predicted octanol–water partition coefficient (Wildman–Crippen LogP) is 3.32. The summed E-state index contributed by atoms with van der Waals surface area (Å²) in [5, 5.41) is 3.40. The number of rotatable bonds is 3. The molecule has 1 aromatic rings. The van der Waals surface area contributed by atoms with E-state index in [-0.39, 0.29) is 11.9 Å². The van der Waals surface area contributed by atoms with Gasteiger partial charge in [-0.05, 0) is 26.1 Å². The van der Waals surface area contributed by atoms with E-state index in [1.165, 1.54) is 6.07 Å². The molecule has 0 aromatic heterocycles. The van der Waals surface area contributed by atoms with Crippen molar-refractivity contribution in [3.63, 3.8) is 0 Å². The van der Waals surface area contributed by atoms with Crippen LogP contribution in [0.15, 0.2) is 30.4 Å². The molecule has 1 aromatic carbocycles. The summed E-state index contributed by atoms with van der Waals surface area (Å²) in [5.41, 5.74) is 1.44. The van der Waals surface area contributed by atoms with Crippen LogP contribution in [0.4, 0.5) is 4.39 Å². The van der Waals surface area contributed by atoms with Crippen molar-refractivity contribution in [1.29, 1.82) is 0 Å². The zero-order valence-electron chi connectivity index (χ0n) is 8.27. The lowest BCUT2D eigenvalue weighted by molar-refractivity contribution is 0.573. The number of hydrogen-bond acceptors (Lipinski definition) is 1. The van der Waals surface area contributed by atoms with E-state index >= 15 is 0 Å². The van der Waals surface area contributed by atoms with Crippen molar-refractivity contribution in [2.75, 3.05) is 7.05 Å². The number of benzene rings is 1. The van der Waals surface area contributed by atoms with Crippen LogP contribution in [0.25, 0.3) is 0 Å². The smallest absolute Gasteiger partial charge is 0.129 e. The van der Waals surface area contributed by atoms with Crippen molar-refractivity contribution in [1.82, 2.24) is 5.32 Å². The Morgan fingerprint density at radius 1 is 1.57 bits per heavy atom. The molecule has 0 spiro atoms. The van der Waals surface area contributed by atoms with Crippen LogP contribution < -0.4 is 5.32 Å². The van der Waals surface area contributed by atoms with Gasteiger partial charge >= 0.3 is 0 Å². The molecular weight excluding hydrogens is 201 g/mol. The summed E-state index contributed by atoms with van der Waals surface area (Å²) in [4.78, 5) is 0. The monoisotopic (exact) mass is 213 g/mol. The summed E-state index contributed by atoms with van der Waals surface area (Å²) in [6.07, 6.45) is 0. The maximum atomic E-state index is 13.5. The molecule has 76 valence electrons. The lowest BCUT2D eigenvalue weighted by atomic mass is 10.0. The number of likely N-dealkylation sites (N-methyl/N-ethyl adjacent to an activating group) is 1. The molecule has 0 fully saturated rings. The van der Waals surface area contributed by atoms with E-state index in [1.54, 1.807) is 19.2 Å². The van der Waals surface area contributed by atoms with Crippen LogP contribution in [0.2, 0.25) is 5.02 Å². The Labute approximate surface area is 88.6 Å². The first-order valence-electron chi connectivity index (χ1n) is 4.34. The highest BCUT2D eigenvalue weighted by molar-refractivity contribution is 6.30. The summed E-state index contributed by atoms with van der Waals surface area (Å²) >= 11 is 5.66. The van der Waals surface area contributed by atoms with Crippen molar-refractivity contribution < 1.29 is 4.39 Å². The molecule has 1 unspecified atom stereocenters. The van der Waals surface area contributed by atoms with Crippen LogP contribution in [0.5, 0.6) is 0 Å². The number of halogens is 2. The molecule has 0 aliphatic carbocycles. The molecular formula is C11H13ClFN. The van der Waals surface area contributed by atoms with Gasteiger partial charge < -0.3 is 5.32 Å². The van der Waals surface area contributed by atoms with E-state index in [0.717, 1.165) is 5.57 Å². The normalized spacial score (nSPS) is 12.6. The largest absolute Gasteiger partial charge is 0.310 e. The molecule has 0 aliphatic rings. The highest BCUT2D eigenvalue weighted by atomic mass is 35.5. The standard InChI is InChI=1S/C11H13ClFN/c1-7(2)11(14-3)9-5-4-8(12)6-10(9)13/h4-6,11,14H,1H2,2-3H3. The molecule has 1 N–H and O–H groups in total. The average molecular weight is 214 g/mol. The van der Waals surface area contributed by atoms with Gasteiger partial charge in [-0.2, -0.15) is 0 Å².